The van der Waals surface area contributed by atoms with Crippen LogP contribution in [-0.4, -0.2) is 67.2 Å². The van der Waals surface area contributed by atoms with Crippen LogP contribution in [0.3, 0.4) is 0 Å². The maximum Gasteiger partial charge on any atom is 0.459 e. The van der Waals surface area contributed by atoms with E-state index < -0.39 is 56.6 Å². The second kappa shape index (κ2) is 12.0. The minimum Gasteiger partial charge on any atom is -0.462 e. The number of ether oxygens (including phenoxy) is 2. The number of benzene rings is 1. The molecule has 0 amide bonds. The minimum absolute atomic E-state index is 0.191. The van der Waals surface area contributed by atoms with E-state index in [4.69, 9.17) is 24.3 Å². The maximum absolute atomic E-state index is 15.9. The summed E-state index contributed by atoms with van der Waals surface area (Å²) in [5.41, 5.74) is 4.17. The van der Waals surface area contributed by atoms with Gasteiger partial charge in [0, 0.05) is 6.07 Å². The number of esters is 1. The van der Waals surface area contributed by atoms with Crippen LogP contribution in [0.1, 0.15) is 33.9 Å². The van der Waals surface area contributed by atoms with E-state index in [-0.39, 0.29) is 11.6 Å². The van der Waals surface area contributed by atoms with Crippen molar-refractivity contribution in [1.82, 2.24) is 24.6 Å². The Bertz CT molecular complexity index is 1360. The van der Waals surface area contributed by atoms with E-state index in [9.17, 15) is 14.5 Å². The third kappa shape index (κ3) is 6.65. The molecule has 40 heavy (non-hydrogen) atoms. The summed E-state index contributed by atoms with van der Waals surface area (Å²) >= 11 is 0. The van der Waals surface area contributed by atoms with E-state index in [1.807, 2.05) is 0 Å². The van der Waals surface area contributed by atoms with Crippen molar-refractivity contribution < 1.29 is 37.4 Å². The molecule has 1 aromatic carbocycles. The number of nitrogens with one attached hydrogen (secondary N) is 1. The number of aromatic nitrogens is 4. The molecule has 3 heterocycles. The molecule has 0 bridgehead atoms. The molecule has 1 unspecified atom stereocenters. The highest BCUT2D eigenvalue weighted by molar-refractivity contribution is 7.52. The lowest BCUT2D eigenvalue weighted by Crippen LogP contribution is -2.41. The van der Waals surface area contributed by atoms with Crippen LogP contribution in [0.25, 0.3) is 11.4 Å². The Morgan fingerprint density at radius 1 is 1.30 bits per heavy atom. The van der Waals surface area contributed by atoms with Crippen LogP contribution >= 0.6 is 7.75 Å². The van der Waals surface area contributed by atoms with E-state index in [2.05, 4.69) is 20.0 Å². The molecule has 13 nitrogen and oxygen atoms in total. The Morgan fingerprint density at radius 3 is 2.70 bits per heavy atom. The molecule has 0 radical (unpaired) electrons. The van der Waals surface area contributed by atoms with Gasteiger partial charge in [0.05, 0.1) is 36.6 Å². The van der Waals surface area contributed by atoms with Crippen LogP contribution in [-0.2, 0) is 23.4 Å². The maximum atomic E-state index is 15.9. The zero-order valence-corrected chi connectivity index (χ0v) is 23.3. The van der Waals surface area contributed by atoms with Gasteiger partial charge >= 0.3 is 13.7 Å². The fraction of sp³-hybridized carbons (Fsp3) is 0.440. The van der Waals surface area contributed by atoms with Crippen molar-refractivity contribution in [2.45, 2.75) is 63.9 Å². The van der Waals surface area contributed by atoms with Crippen LogP contribution in [0.2, 0.25) is 0 Å². The third-order valence-electron chi connectivity index (χ3n) is 6.02. The van der Waals surface area contributed by atoms with Crippen LogP contribution in [0, 0.1) is 0 Å². The number of carbonyl (C=O) groups is 1. The number of anilines is 1. The molecule has 1 aliphatic heterocycles. The summed E-state index contributed by atoms with van der Waals surface area (Å²) in [5.74, 6) is -0.286. The van der Waals surface area contributed by atoms with Crippen molar-refractivity contribution in [1.29, 1.82) is 0 Å². The largest absolute Gasteiger partial charge is 0.462 e. The summed E-state index contributed by atoms with van der Waals surface area (Å²) < 4.78 is 53.3. The van der Waals surface area contributed by atoms with Crippen molar-refractivity contribution in [3.63, 3.8) is 0 Å². The summed E-state index contributed by atoms with van der Waals surface area (Å²) in [7, 11) is -4.27. The number of imidazole rings is 1. The average Bonchev–Trinajstić information content (AvgIpc) is 3.45. The zero-order chi connectivity index (χ0) is 29.1. The predicted molar refractivity (Wildman–Crippen MR) is 142 cm³/mol. The second-order valence-corrected chi connectivity index (χ2v) is 11.4. The number of carbonyl (C=O) groups excluding carboxylic acids is 1. The molecule has 1 aliphatic rings. The van der Waals surface area contributed by atoms with E-state index in [1.54, 1.807) is 44.2 Å². The summed E-state index contributed by atoms with van der Waals surface area (Å²) in [6.45, 7) is 5.41. The SMILES string of the molecule is CC(C)OC(=O)[C@H](C)N[P@](=O)(OC[C@H]1O[C@@H](n2cncc2-c2cc(N)ncn2)C(C)(F)[C@H]1O)Oc1ccccc1. The molecule has 0 spiro atoms. The lowest BCUT2D eigenvalue weighted by Gasteiger charge is -2.26. The highest BCUT2D eigenvalue weighted by atomic mass is 31.2. The molecule has 4 rings (SSSR count). The smallest absolute Gasteiger partial charge is 0.459 e. The van der Waals surface area contributed by atoms with Crippen molar-refractivity contribution in [3.8, 4) is 17.1 Å². The number of aliphatic hydroxyl groups is 1. The standard InChI is InChI=1S/C25H32FN6O7P/c1-15(2)37-23(34)16(3)31-40(35,39-17-8-6-5-7-9-17)36-12-20-22(33)25(4,26)24(38-20)32-14-28-11-19(32)18-10-21(27)30-13-29-18/h5-11,13-16,20,22,24,33H,12H2,1-4H3,(H,31,35)(H2,27,29,30)/t16-,20+,22-,24+,25?,40-/m0/s1. The van der Waals surface area contributed by atoms with E-state index >= 15 is 4.39 Å². The molecule has 216 valence electrons. The van der Waals surface area contributed by atoms with Gasteiger partial charge in [-0.05, 0) is 39.8 Å². The Balaban J connectivity index is 1.54. The zero-order valence-electron chi connectivity index (χ0n) is 22.4. The fourth-order valence-corrected chi connectivity index (χ4v) is 5.56. The third-order valence-corrected chi connectivity index (χ3v) is 7.66. The van der Waals surface area contributed by atoms with Gasteiger partial charge in [-0.3, -0.25) is 13.9 Å². The number of halogens is 1. The molecule has 4 N–H and O–H groups in total. The first-order valence-electron chi connectivity index (χ1n) is 12.5. The van der Waals surface area contributed by atoms with Gasteiger partial charge < -0.3 is 24.8 Å². The highest BCUT2D eigenvalue weighted by Crippen LogP contribution is 2.48. The first-order valence-corrected chi connectivity index (χ1v) is 14.0. The second-order valence-electron chi connectivity index (χ2n) is 9.67. The number of nitrogens with zero attached hydrogens (tertiary/aromatic N) is 4. The van der Waals surface area contributed by atoms with Crippen molar-refractivity contribution in [2.75, 3.05) is 12.3 Å². The molecular weight excluding hydrogens is 546 g/mol. The quantitative estimate of drug-likeness (QED) is 0.225. The van der Waals surface area contributed by atoms with Crippen molar-refractivity contribution in [2.24, 2.45) is 0 Å². The number of nitrogens with two attached hydrogens (primary N) is 1. The Hall–Kier alpha value is -3.42. The summed E-state index contributed by atoms with van der Waals surface area (Å²) in [6.07, 6.45) is -0.700. The molecular formula is C25H32FN6O7P. The van der Waals surface area contributed by atoms with Gasteiger partial charge in [-0.15, -0.1) is 0 Å². The molecule has 15 heteroatoms. The number of aliphatic hydroxyl groups excluding tert-OH is 1. The van der Waals surface area contributed by atoms with Crippen LogP contribution < -0.4 is 15.3 Å². The Kier molecular flexibility index (Phi) is 8.86. The monoisotopic (exact) mass is 578 g/mol. The average molecular weight is 579 g/mol. The van der Waals surface area contributed by atoms with E-state index in [1.165, 1.54) is 43.3 Å². The topological polar surface area (TPSA) is 173 Å². The Labute approximate surface area is 230 Å². The van der Waals surface area contributed by atoms with E-state index in [0.29, 0.717) is 11.4 Å². The molecule has 0 saturated carbocycles. The van der Waals surface area contributed by atoms with Crippen molar-refractivity contribution in [3.05, 3.63) is 55.2 Å². The number of alkyl halides is 1. The van der Waals surface area contributed by atoms with Gasteiger partial charge in [-0.25, -0.2) is 23.9 Å². The fourth-order valence-electron chi connectivity index (χ4n) is 4.06. The van der Waals surface area contributed by atoms with Gasteiger partial charge in [-0.1, -0.05) is 18.2 Å². The van der Waals surface area contributed by atoms with Crippen LogP contribution in [0.4, 0.5) is 10.2 Å². The lowest BCUT2D eigenvalue weighted by atomic mass is 9.98. The van der Waals surface area contributed by atoms with Gasteiger partial charge in [0.2, 0.25) is 0 Å². The first kappa shape index (κ1) is 29.6. The minimum atomic E-state index is -4.27. The summed E-state index contributed by atoms with van der Waals surface area (Å²) in [5, 5.41) is 13.4. The number of hydrogen-bond donors (Lipinski definition) is 3. The van der Waals surface area contributed by atoms with Gasteiger partial charge in [0.15, 0.2) is 11.9 Å². The van der Waals surface area contributed by atoms with Crippen LogP contribution in [0.15, 0.2) is 55.2 Å². The predicted octanol–water partition coefficient (Wildman–Crippen LogP) is 3.04. The molecule has 1 fully saturated rings. The molecule has 3 aromatic rings. The lowest BCUT2D eigenvalue weighted by molar-refractivity contribution is -0.149. The van der Waals surface area contributed by atoms with Crippen molar-refractivity contribution >= 4 is 19.5 Å². The Morgan fingerprint density at radius 2 is 2.02 bits per heavy atom. The van der Waals surface area contributed by atoms with Gasteiger partial charge in [0.25, 0.3) is 0 Å². The number of hydrogen-bond acceptors (Lipinski definition) is 11. The number of rotatable bonds is 11. The van der Waals surface area contributed by atoms with E-state index in [0.717, 1.165) is 0 Å². The summed E-state index contributed by atoms with van der Waals surface area (Å²) in [6, 6.07) is 8.55. The molecule has 6 atom stereocenters. The molecule has 0 aliphatic carbocycles. The molecule has 1 saturated heterocycles. The van der Waals surface area contributed by atoms with Crippen LogP contribution in [0.5, 0.6) is 5.75 Å². The van der Waals surface area contributed by atoms with Gasteiger partial charge in [0.1, 0.15) is 36.1 Å². The number of nitrogen functional groups attached to an aromatic ring is 1. The van der Waals surface area contributed by atoms with Gasteiger partial charge in [-0.2, -0.15) is 5.09 Å². The highest BCUT2D eigenvalue weighted by Gasteiger charge is 2.56. The number of para-hydroxylation sites is 1. The first-order chi connectivity index (χ1) is 18.9. The normalized spacial score (nSPS) is 24.9. The molecule has 2 aromatic heterocycles. The summed E-state index contributed by atoms with van der Waals surface area (Å²) in [4.78, 5) is 24.4.